The van der Waals surface area contributed by atoms with E-state index in [-0.39, 0.29) is 17.1 Å². The number of nitro groups is 1. The molecule has 0 aliphatic rings. The molecule has 3 rings (SSSR count). The van der Waals surface area contributed by atoms with Crippen LogP contribution in [0.5, 0.6) is 0 Å². The third-order valence-corrected chi connectivity index (χ3v) is 4.37. The molecule has 9 nitrogen and oxygen atoms in total. The third-order valence-electron chi connectivity index (χ3n) is 3.45. The highest BCUT2D eigenvalue weighted by Crippen LogP contribution is 2.23. The normalized spacial score (nSPS) is 10.6. The molecule has 0 fully saturated rings. The highest BCUT2D eigenvalue weighted by Gasteiger charge is 2.15. The van der Waals surface area contributed by atoms with Gasteiger partial charge in [0.2, 0.25) is 11.1 Å². The number of anilines is 1. The van der Waals surface area contributed by atoms with Gasteiger partial charge in [0.05, 0.1) is 22.1 Å². The largest absolute Gasteiger partial charge is 0.323 e. The molecular weight excluding hydrogens is 375 g/mol. The number of hydrogen-bond acceptors (Lipinski definition) is 7. The molecule has 0 aliphatic heterocycles. The van der Waals surface area contributed by atoms with E-state index in [1.807, 2.05) is 31.2 Å². The van der Waals surface area contributed by atoms with Crippen LogP contribution < -0.4 is 5.32 Å². The Morgan fingerprint density at radius 2 is 2.15 bits per heavy atom. The molecule has 27 heavy (non-hydrogen) atoms. The lowest BCUT2D eigenvalue weighted by Crippen LogP contribution is -2.15. The predicted molar refractivity (Wildman–Crippen MR) is 96.3 cm³/mol. The zero-order chi connectivity index (χ0) is 19.4. The Morgan fingerprint density at radius 1 is 1.33 bits per heavy atom. The molecule has 0 saturated heterocycles. The van der Waals surface area contributed by atoms with E-state index in [0.717, 1.165) is 41.2 Å². The maximum atomic E-state index is 13.7. The fourth-order valence-electron chi connectivity index (χ4n) is 2.23. The first-order valence-corrected chi connectivity index (χ1v) is 8.64. The van der Waals surface area contributed by atoms with Crippen LogP contribution in [0.1, 0.15) is 5.56 Å². The summed E-state index contributed by atoms with van der Waals surface area (Å²) in [4.78, 5) is 22.2. The maximum Gasteiger partial charge on any atom is 0.271 e. The number of amides is 1. The Morgan fingerprint density at radius 3 is 2.89 bits per heavy atom. The summed E-state index contributed by atoms with van der Waals surface area (Å²) < 4.78 is 15.2. The second-order valence-corrected chi connectivity index (χ2v) is 6.41. The number of carbonyl (C=O) groups is 1. The van der Waals surface area contributed by atoms with Crippen molar-refractivity contribution in [1.82, 2.24) is 20.2 Å². The number of nitro benzene ring substituents is 1. The molecule has 11 heteroatoms. The summed E-state index contributed by atoms with van der Waals surface area (Å²) in [6.07, 6.45) is 0. The topological polar surface area (TPSA) is 116 Å². The van der Waals surface area contributed by atoms with Crippen LogP contribution in [0, 0.1) is 22.9 Å². The second-order valence-electron chi connectivity index (χ2n) is 5.47. The van der Waals surface area contributed by atoms with Gasteiger partial charge >= 0.3 is 0 Å². The first-order valence-electron chi connectivity index (χ1n) is 7.66. The van der Waals surface area contributed by atoms with Crippen LogP contribution in [0.3, 0.4) is 0 Å². The summed E-state index contributed by atoms with van der Waals surface area (Å²) >= 11 is 1.06. The molecule has 1 amide bonds. The minimum Gasteiger partial charge on any atom is -0.323 e. The number of tetrazole rings is 1. The second kappa shape index (κ2) is 7.91. The molecule has 1 heterocycles. The smallest absolute Gasteiger partial charge is 0.271 e. The fourth-order valence-corrected chi connectivity index (χ4v) is 2.92. The molecule has 138 valence electrons. The number of hydrogen-bond donors (Lipinski definition) is 1. The Bertz CT molecular complexity index is 1010. The fraction of sp³-hybridized carbons (Fsp3) is 0.125. The van der Waals surface area contributed by atoms with Gasteiger partial charge in [-0.2, -0.15) is 4.68 Å². The van der Waals surface area contributed by atoms with Gasteiger partial charge in [0.1, 0.15) is 5.82 Å². The van der Waals surface area contributed by atoms with Gasteiger partial charge in [0.25, 0.3) is 5.69 Å². The standard InChI is InChI=1S/C16H13FN6O3S/c1-10-3-2-4-11(7-10)22-16(19-20-21-22)27-9-15(24)18-14-8-12(23(25)26)5-6-13(14)17/h2-8H,9H2,1H3,(H,18,24). The number of benzene rings is 2. The molecule has 1 aromatic heterocycles. The molecule has 0 spiro atoms. The minimum absolute atomic E-state index is 0.103. The third kappa shape index (κ3) is 4.44. The van der Waals surface area contributed by atoms with E-state index in [2.05, 4.69) is 20.8 Å². The van der Waals surface area contributed by atoms with Crippen LogP contribution in [0.15, 0.2) is 47.6 Å². The van der Waals surface area contributed by atoms with Gasteiger partial charge in [-0.3, -0.25) is 14.9 Å². The predicted octanol–water partition coefficient (Wildman–Crippen LogP) is 2.75. The molecule has 0 radical (unpaired) electrons. The highest BCUT2D eigenvalue weighted by atomic mass is 32.2. The van der Waals surface area contributed by atoms with Gasteiger partial charge in [0.15, 0.2) is 0 Å². The molecule has 0 aliphatic carbocycles. The number of rotatable bonds is 6. The number of aryl methyl sites for hydroxylation is 1. The number of aromatic nitrogens is 4. The lowest BCUT2D eigenvalue weighted by Gasteiger charge is -2.07. The van der Waals surface area contributed by atoms with Gasteiger partial charge < -0.3 is 5.32 Å². The van der Waals surface area contributed by atoms with E-state index in [1.165, 1.54) is 4.68 Å². The Balaban J connectivity index is 1.68. The molecule has 0 bridgehead atoms. The van der Waals surface area contributed by atoms with Crippen LogP contribution in [0.4, 0.5) is 15.8 Å². The van der Waals surface area contributed by atoms with E-state index in [0.29, 0.717) is 5.16 Å². The van der Waals surface area contributed by atoms with Gasteiger partial charge in [-0.15, -0.1) is 5.10 Å². The van der Waals surface area contributed by atoms with Crippen LogP contribution in [-0.4, -0.2) is 36.8 Å². The summed E-state index contributed by atoms with van der Waals surface area (Å²) in [5.74, 6) is -1.41. The molecule has 3 aromatic rings. The van der Waals surface area contributed by atoms with Crippen molar-refractivity contribution in [3.63, 3.8) is 0 Å². The lowest BCUT2D eigenvalue weighted by atomic mass is 10.2. The average Bonchev–Trinajstić information content (AvgIpc) is 3.10. The molecule has 1 N–H and O–H groups in total. The van der Waals surface area contributed by atoms with Gasteiger partial charge in [0, 0.05) is 12.1 Å². The monoisotopic (exact) mass is 388 g/mol. The Kier molecular flexibility index (Phi) is 5.41. The van der Waals surface area contributed by atoms with Gasteiger partial charge in [-0.1, -0.05) is 23.9 Å². The summed E-state index contributed by atoms with van der Waals surface area (Å²) in [7, 11) is 0. The van der Waals surface area contributed by atoms with E-state index in [4.69, 9.17) is 0 Å². The van der Waals surface area contributed by atoms with Crippen LogP contribution in [0.25, 0.3) is 5.69 Å². The summed E-state index contributed by atoms with van der Waals surface area (Å²) in [6.45, 7) is 1.93. The van der Waals surface area contributed by atoms with Crippen molar-refractivity contribution in [3.05, 3.63) is 64.0 Å². The van der Waals surface area contributed by atoms with Crippen LogP contribution >= 0.6 is 11.8 Å². The first-order chi connectivity index (χ1) is 12.9. The first kappa shape index (κ1) is 18.5. The summed E-state index contributed by atoms with van der Waals surface area (Å²) in [5.41, 5.74) is 1.20. The zero-order valence-corrected chi connectivity index (χ0v) is 14.8. The van der Waals surface area contributed by atoms with E-state index in [9.17, 15) is 19.3 Å². The number of carbonyl (C=O) groups excluding carboxylic acids is 1. The number of thioether (sulfide) groups is 1. The van der Waals surface area contributed by atoms with Crippen molar-refractivity contribution < 1.29 is 14.1 Å². The van der Waals surface area contributed by atoms with Crippen LogP contribution in [0.2, 0.25) is 0 Å². The van der Waals surface area contributed by atoms with E-state index >= 15 is 0 Å². The molecule has 0 unspecified atom stereocenters. The lowest BCUT2D eigenvalue weighted by molar-refractivity contribution is -0.384. The SMILES string of the molecule is Cc1cccc(-n2nnnc2SCC(=O)Nc2cc([N+](=O)[O-])ccc2F)c1. The zero-order valence-electron chi connectivity index (χ0n) is 14.0. The quantitative estimate of drug-likeness (QED) is 0.392. The van der Waals surface area contributed by atoms with Crippen molar-refractivity contribution in [2.45, 2.75) is 12.1 Å². The van der Waals surface area contributed by atoms with Crippen molar-refractivity contribution >= 4 is 29.0 Å². The van der Waals surface area contributed by atoms with Crippen molar-refractivity contribution in [3.8, 4) is 5.69 Å². The number of nitrogens with zero attached hydrogens (tertiary/aromatic N) is 5. The van der Waals surface area contributed by atoms with Gasteiger partial charge in [-0.25, -0.2) is 4.39 Å². The Hall–Kier alpha value is -3.34. The summed E-state index contributed by atoms with van der Waals surface area (Å²) in [6, 6.07) is 10.4. The molecular formula is C16H13FN6O3S. The molecule has 0 saturated carbocycles. The summed E-state index contributed by atoms with van der Waals surface area (Å²) in [5, 5.41) is 24.9. The van der Waals surface area contributed by atoms with Crippen molar-refractivity contribution in [2.75, 3.05) is 11.1 Å². The average molecular weight is 388 g/mol. The number of nitrogens with one attached hydrogen (secondary N) is 1. The maximum absolute atomic E-state index is 13.7. The van der Waals surface area contributed by atoms with Gasteiger partial charge in [-0.05, 0) is 41.1 Å². The highest BCUT2D eigenvalue weighted by molar-refractivity contribution is 7.99. The molecule has 2 aromatic carbocycles. The Labute approximate surface area is 156 Å². The van der Waals surface area contributed by atoms with E-state index in [1.54, 1.807) is 0 Å². The number of non-ortho nitro benzene ring substituents is 1. The number of halogens is 1. The van der Waals surface area contributed by atoms with E-state index < -0.39 is 16.6 Å². The van der Waals surface area contributed by atoms with Crippen LogP contribution in [-0.2, 0) is 4.79 Å². The minimum atomic E-state index is -0.761. The van der Waals surface area contributed by atoms with Crippen molar-refractivity contribution in [1.29, 1.82) is 0 Å². The molecule has 0 atom stereocenters. The van der Waals surface area contributed by atoms with Crippen molar-refractivity contribution in [2.24, 2.45) is 0 Å².